The van der Waals surface area contributed by atoms with Gasteiger partial charge in [0, 0.05) is 4.83 Å². The maximum atomic E-state index is 13.7. The van der Waals surface area contributed by atoms with Crippen LogP contribution >= 0.6 is 15.9 Å². The van der Waals surface area contributed by atoms with Gasteiger partial charge in [0.25, 0.3) is 0 Å². The fraction of sp³-hybridized carbons (Fsp3) is 0.500. The second-order valence-electron chi connectivity index (χ2n) is 4.83. The molecule has 98 valence electrons. The predicted molar refractivity (Wildman–Crippen MR) is 71.4 cm³/mol. The summed E-state index contributed by atoms with van der Waals surface area (Å²) < 4.78 is 18.7. The van der Waals surface area contributed by atoms with Crippen LogP contribution in [0.1, 0.15) is 30.4 Å². The van der Waals surface area contributed by atoms with E-state index >= 15 is 0 Å². The number of alkyl halides is 1. The molecule has 1 aliphatic rings. The molecule has 0 bridgehead atoms. The van der Waals surface area contributed by atoms with Crippen LogP contribution in [0.3, 0.4) is 0 Å². The molecular weight excluding hydrogens is 299 g/mol. The maximum Gasteiger partial charge on any atom is 0.316 e. The summed E-state index contributed by atoms with van der Waals surface area (Å²) in [7, 11) is 1.39. The Morgan fingerprint density at radius 2 is 2.28 bits per heavy atom. The van der Waals surface area contributed by atoms with Crippen molar-refractivity contribution in [3.63, 3.8) is 0 Å². The Labute approximate surface area is 115 Å². The van der Waals surface area contributed by atoms with Crippen molar-refractivity contribution in [1.29, 1.82) is 0 Å². The number of rotatable bonds is 2. The van der Waals surface area contributed by atoms with E-state index in [-0.39, 0.29) is 16.6 Å². The summed E-state index contributed by atoms with van der Waals surface area (Å²) in [5.74, 6) is -0.535. The first-order valence-corrected chi connectivity index (χ1v) is 6.91. The van der Waals surface area contributed by atoms with Gasteiger partial charge in [0.05, 0.1) is 12.5 Å². The molecule has 0 aliphatic heterocycles. The highest BCUT2D eigenvalue weighted by atomic mass is 79.9. The van der Waals surface area contributed by atoms with Crippen LogP contribution in [0.15, 0.2) is 18.2 Å². The van der Waals surface area contributed by atoms with Crippen LogP contribution in [0.2, 0.25) is 0 Å². The quantitative estimate of drug-likeness (QED) is 0.617. The molecule has 2 nitrogen and oxygen atoms in total. The number of carbonyl (C=O) groups excluding carboxylic acids is 1. The number of halogens is 2. The SMILES string of the molecule is COC(=O)C1(c2cccc(F)c2C)CCC(Br)C1. The van der Waals surface area contributed by atoms with Gasteiger partial charge < -0.3 is 4.74 Å². The number of benzene rings is 1. The highest BCUT2D eigenvalue weighted by Gasteiger charge is 2.48. The van der Waals surface area contributed by atoms with Crippen molar-refractivity contribution in [1.82, 2.24) is 0 Å². The zero-order valence-electron chi connectivity index (χ0n) is 10.5. The number of ether oxygens (including phenoxy) is 1. The Hall–Kier alpha value is -0.900. The van der Waals surface area contributed by atoms with Crippen LogP contribution in [0, 0.1) is 12.7 Å². The number of esters is 1. The van der Waals surface area contributed by atoms with E-state index < -0.39 is 5.41 Å². The Morgan fingerprint density at radius 1 is 1.56 bits per heavy atom. The lowest BCUT2D eigenvalue weighted by Gasteiger charge is -2.28. The summed E-state index contributed by atoms with van der Waals surface area (Å²) >= 11 is 3.55. The van der Waals surface area contributed by atoms with Gasteiger partial charge in [0.2, 0.25) is 0 Å². The number of carbonyl (C=O) groups is 1. The third kappa shape index (κ3) is 2.07. The molecular formula is C14H16BrFO2. The van der Waals surface area contributed by atoms with Gasteiger partial charge in [-0.25, -0.2) is 4.39 Å². The molecule has 0 aromatic heterocycles. The Kier molecular flexibility index (Phi) is 3.76. The van der Waals surface area contributed by atoms with Gasteiger partial charge in [0.1, 0.15) is 5.82 Å². The molecule has 0 N–H and O–H groups in total. The van der Waals surface area contributed by atoms with Gasteiger partial charge in [-0.05, 0) is 43.4 Å². The van der Waals surface area contributed by atoms with Gasteiger partial charge in [0.15, 0.2) is 0 Å². The van der Waals surface area contributed by atoms with Crippen molar-refractivity contribution >= 4 is 21.9 Å². The van der Waals surface area contributed by atoms with E-state index in [0.29, 0.717) is 18.4 Å². The lowest BCUT2D eigenvalue weighted by molar-refractivity contribution is -0.147. The smallest absolute Gasteiger partial charge is 0.316 e. The van der Waals surface area contributed by atoms with Gasteiger partial charge >= 0.3 is 5.97 Å². The second-order valence-corrected chi connectivity index (χ2v) is 6.12. The molecule has 1 aromatic rings. The summed E-state index contributed by atoms with van der Waals surface area (Å²) in [5, 5.41) is 0. The van der Waals surface area contributed by atoms with Crippen LogP contribution in [-0.2, 0) is 14.9 Å². The molecule has 0 saturated heterocycles. The molecule has 4 heteroatoms. The third-order valence-corrected chi connectivity index (χ3v) is 4.60. The molecule has 2 rings (SSSR count). The normalized spacial score (nSPS) is 27.2. The molecule has 0 heterocycles. The molecule has 1 saturated carbocycles. The van der Waals surface area contributed by atoms with Crippen LogP contribution in [0.25, 0.3) is 0 Å². The largest absolute Gasteiger partial charge is 0.468 e. The van der Waals surface area contributed by atoms with Crippen molar-refractivity contribution in [2.24, 2.45) is 0 Å². The molecule has 2 unspecified atom stereocenters. The zero-order chi connectivity index (χ0) is 13.3. The van der Waals surface area contributed by atoms with Gasteiger partial charge in [-0.2, -0.15) is 0 Å². The van der Waals surface area contributed by atoms with E-state index in [2.05, 4.69) is 15.9 Å². The van der Waals surface area contributed by atoms with Crippen molar-refractivity contribution in [3.05, 3.63) is 35.1 Å². The fourth-order valence-corrected chi connectivity index (χ4v) is 3.63. The van der Waals surface area contributed by atoms with Crippen molar-refractivity contribution < 1.29 is 13.9 Å². The highest BCUT2D eigenvalue weighted by molar-refractivity contribution is 9.09. The Balaban J connectivity index is 2.54. The molecule has 0 amide bonds. The van der Waals surface area contributed by atoms with E-state index in [4.69, 9.17) is 4.74 Å². The average Bonchev–Trinajstić information content (AvgIpc) is 2.75. The molecule has 1 aliphatic carbocycles. The highest BCUT2D eigenvalue weighted by Crippen LogP contribution is 2.46. The first-order chi connectivity index (χ1) is 8.51. The zero-order valence-corrected chi connectivity index (χ0v) is 12.1. The minimum Gasteiger partial charge on any atom is -0.468 e. The number of hydrogen-bond donors (Lipinski definition) is 0. The second kappa shape index (κ2) is 5.00. The summed E-state index contributed by atoms with van der Waals surface area (Å²) in [4.78, 5) is 12.5. The standard InChI is InChI=1S/C14H16BrFO2/c1-9-11(4-3-5-12(9)16)14(13(17)18-2)7-6-10(15)8-14/h3-5,10H,6-8H2,1-2H3. The van der Waals surface area contributed by atoms with Crippen molar-refractivity contribution in [2.45, 2.75) is 36.4 Å². The van der Waals surface area contributed by atoms with Gasteiger partial charge in [-0.1, -0.05) is 28.1 Å². The molecule has 0 spiro atoms. The summed E-state index contributed by atoms with van der Waals surface area (Å²) in [6, 6.07) is 4.91. The number of methoxy groups -OCH3 is 1. The topological polar surface area (TPSA) is 26.3 Å². The van der Waals surface area contributed by atoms with E-state index in [1.807, 2.05) is 6.07 Å². The Bertz CT molecular complexity index is 475. The molecule has 18 heavy (non-hydrogen) atoms. The van der Waals surface area contributed by atoms with E-state index in [9.17, 15) is 9.18 Å². The molecule has 1 aromatic carbocycles. The van der Waals surface area contributed by atoms with E-state index in [1.54, 1.807) is 13.0 Å². The van der Waals surface area contributed by atoms with Crippen LogP contribution in [0.5, 0.6) is 0 Å². The summed E-state index contributed by atoms with van der Waals surface area (Å²) in [6.07, 6.45) is 2.24. The third-order valence-electron chi connectivity index (χ3n) is 3.81. The lowest BCUT2D eigenvalue weighted by Crippen LogP contribution is -2.35. The average molecular weight is 315 g/mol. The minimum atomic E-state index is -0.699. The van der Waals surface area contributed by atoms with Gasteiger partial charge in [-0.3, -0.25) is 4.79 Å². The molecule has 2 atom stereocenters. The summed E-state index contributed by atoms with van der Waals surface area (Å²) in [6.45, 7) is 1.72. The minimum absolute atomic E-state index is 0.266. The van der Waals surface area contributed by atoms with Crippen molar-refractivity contribution in [3.8, 4) is 0 Å². The monoisotopic (exact) mass is 314 g/mol. The van der Waals surface area contributed by atoms with E-state index in [0.717, 1.165) is 12.0 Å². The predicted octanol–water partition coefficient (Wildman–Crippen LogP) is 3.49. The fourth-order valence-electron chi connectivity index (χ4n) is 2.85. The van der Waals surface area contributed by atoms with Gasteiger partial charge in [-0.15, -0.1) is 0 Å². The Morgan fingerprint density at radius 3 is 2.83 bits per heavy atom. The van der Waals surface area contributed by atoms with Crippen LogP contribution in [0.4, 0.5) is 4.39 Å². The lowest BCUT2D eigenvalue weighted by atomic mass is 9.77. The van der Waals surface area contributed by atoms with Crippen LogP contribution in [-0.4, -0.2) is 17.9 Å². The first-order valence-electron chi connectivity index (χ1n) is 5.99. The summed E-state index contributed by atoms with van der Waals surface area (Å²) in [5.41, 5.74) is 0.607. The first kappa shape index (κ1) is 13.5. The maximum absolute atomic E-state index is 13.7. The van der Waals surface area contributed by atoms with Crippen molar-refractivity contribution in [2.75, 3.05) is 7.11 Å². The van der Waals surface area contributed by atoms with E-state index in [1.165, 1.54) is 13.2 Å². The van der Waals surface area contributed by atoms with Crippen LogP contribution < -0.4 is 0 Å². The molecule has 0 radical (unpaired) electrons. The molecule has 1 fully saturated rings. The number of hydrogen-bond acceptors (Lipinski definition) is 2.